The highest BCUT2D eigenvalue weighted by molar-refractivity contribution is 6.18. The molecule has 0 fully saturated rings. The van der Waals surface area contributed by atoms with Crippen molar-refractivity contribution in [2.45, 2.75) is 6.92 Å². The molecule has 0 N–H and O–H groups in total. The van der Waals surface area contributed by atoms with E-state index in [2.05, 4.69) is 0 Å². The van der Waals surface area contributed by atoms with Gasteiger partial charge in [-0.05, 0) is 6.92 Å². The molecule has 16 heavy (non-hydrogen) atoms. The molecule has 0 unspecified atom stereocenters. The average Bonchev–Trinajstić information content (AvgIpc) is 2.26. The van der Waals surface area contributed by atoms with E-state index in [-0.39, 0.29) is 12.2 Å². The van der Waals surface area contributed by atoms with E-state index in [1.807, 2.05) is 0 Å². The van der Waals surface area contributed by atoms with Gasteiger partial charge in [0.25, 0.3) is 0 Å². The van der Waals surface area contributed by atoms with Gasteiger partial charge in [-0.3, -0.25) is 0 Å². The van der Waals surface area contributed by atoms with Gasteiger partial charge in [-0.25, -0.2) is 4.79 Å². The topological polar surface area (TPSA) is 53.3 Å². The molecule has 0 atom stereocenters. The molecule has 4 nitrogen and oxygen atoms in total. The highest BCUT2D eigenvalue weighted by Crippen LogP contribution is 2.02. The molecule has 0 aliphatic heterocycles. The Balaban J connectivity index is 4.62. The highest BCUT2D eigenvalue weighted by Gasteiger charge is 2.11. The first kappa shape index (κ1) is 15.1. The lowest BCUT2D eigenvalue weighted by Gasteiger charge is -2.17. The lowest BCUT2D eigenvalue weighted by Crippen LogP contribution is -2.24. The van der Waals surface area contributed by atoms with Crippen LogP contribution in [0.25, 0.3) is 0 Å². The molecule has 0 aromatic heterocycles. The molecule has 0 heterocycles. The fourth-order valence-electron chi connectivity index (χ4n) is 0.977. The maximum absolute atomic E-state index is 11.3. The number of hydrogen-bond acceptors (Lipinski definition) is 4. The van der Waals surface area contributed by atoms with Crippen LogP contribution in [0.4, 0.5) is 0 Å². The summed E-state index contributed by atoms with van der Waals surface area (Å²) in [5, 5.41) is 8.80. The van der Waals surface area contributed by atoms with Gasteiger partial charge in [0.1, 0.15) is 6.07 Å². The number of alkyl halides is 2. The maximum Gasteiger partial charge on any atom is 0.350 e. The van der Waals surface area contributed by atoms with Gasteiger partial charge in [0.05, 0.1) is 6.61 Å². The van der Waals surface area contributed by atoms with Crippen LogP contribution < -0.4 is 0 Å². The minimum atomic E-state index is -0.626. The van der Waals surface area contributed by atoms with E-state index in [1.54, 1.807) is 17.9 Å². The summed E-state index contributed by atoms with van der Waals surface area (Å²) in [5.41, 5.74) is -0.0444. The summed E-state index contributed by atoms with van der Waals surface area (Å²) in [4.78, 5) is 13.0. The van der Waals surface area contributed by atoms with Crippen molar-refractivity contribution in [3.05, 3.63) is 11.8 Å². The van der Waals surface area contributed by atoms with Crippen LogP contribution in [0.2, 0.25) is 0 Å². The number of nitrogens with zero attached hydrogens (tertiary/aromatic N) is 2. The number of esters is 1. The van der Waals surface area contributed by atoms with Crippen molar-refractivity contribution in [2.75, 3.05) is 31.5 Å². The SMILES string of the molecule is CCOC(=O)/C(C#N)=C\N(CCCl)CCCl. The third-order valence-corrected chi connectivity index (χ3v) is 2.01. The molecule has 0 spiro atoms. The Bertz CT molecular complexity index is 281. The van der Waals surface area contributed by atoms with Crippen LogP contribution >= 0.6 is 23.2 Å². The highest BCUT2D eigenvalue weighted by atomic mass is 35.5. The number of carbonyl (C=O) groups excluding carboxylic acids is 1. The standard InChI is InChI=1S/C10H14Cl2N2O2/c1-2-16-10(15)9(7-13)8-14(5-3-11)6-4-12/h8H,2-6H2,1H3/b9-8-. The van der Waals surface area contributed by atoms with Crippen LogP contribution in [-0.4, -0.2) is 42.3 Å². The minimum absolute atomic E-state index is 0.0444. The van der Waals surface area contributed by atoms with E-state index in [9.17, 15) is 4.79 Å². The summed E-state index contributed by atoms with van der Waals surface area (Å²) in [6.07, 6.45) is 1.43. The molecule has 6 heteroatoms. The Kier molecular flexibility index (Phi) is 8.78. The van der Waals surface area contributed by atoms with E-state index >= 15 is 0 Å². The van der Waals surface area contributed by atoms with E-state index in [4.69, 9.17) is 33.2 Å². The van der Waals surface area contributed by atoms with Crippen molar-refractivity contribution in [3.63, 3.8) is 0 Å². The Hall–Kier alpha value is -0.920. The van der Waals surface area contributed by atoms with Crippen LogP contribution in [-0.2, 0) is 9.53 Å². The van der Waals surface area contributed by atoms with Crippen molar-refractivity contribution in [1.82, 2.24) is 4.90 Å². The van der Waals surface area contributed by atoms with Gasteiger partial charge < -0.3 is 9.64 Å². The Morgan fingerprint density at radius 3 is 2.38 bits per heavy atom. The maximum atomic E-state index is 11.3. The summed E-state index contributed by atoms with van der Waals surface area (Å²) in [6, 6.07) is 1.79. The van der Waals surface area contributed by atoms with Gasteiger partial charge in [0, 0.05) is 31.0 Å². The summed E-state index contributed by atoms with van der Waals surface area (Å²) in [6.45, 7) is 2.97. The molecule has 0 rings (SSSR count). The van der Waals surface area contributed by atoms with Crippen LogP contribution in [0.1, 0.15) is 6.92 Å². The number of nitriles is 1. The van der Waals surface area contributed by atoms with Crippen molar-refractivity contribution < 1.29 is 9.53 Å². The van der Waals surface area contributed by atoms with Crippen LogP contribution in [0.15, 0.2) is 11.8 Å². The first-order chi connectivity index (χ1) is 7.69. The number of halogens is 2. The molecule has 0 aliphatic carbocycles. The fourth-order valence-corrected chi connectivity index (χ4v) is 1.41. The Morgan fingerprint density at radius 2 is 2.00 bits per heavy atom. The number of carbonyl (C=O) groups is 1. The van der Waals surface area contributed by atoms with Gasteiger partial charge in [-0.2, -0.15) is 5.26 Å². The molecule has 0 bridgehead atoms. The summed E-state index contributed by atoms with van der Waals surface area (Å²) >= 11 is 11.2. The molecule has 0 saturated carbocycles. The average molecular weight is 265 g/mol. The third kappa shape index (κ3) is 5.84. The zero-order chi connectivity index (χ0) is 12.4. The summed E-state index contributed by atoms with van der Waals surface area (Å²) < 4.78 is 4.73. The minimum Gasteiger partial charge on any atom is -0.462 e. The number of rotatable bonds is 7. The van der Waals surface area contributed by atoms with Crippen molar-refractivity contribution in [1.29, 1.82) is 5.26 Å². The molecular formula is C10H14Cl2N2O2. The zero-order valence-electron chi connectivity index (χ0n) is 9.08. The summed E-state index contributed by atoms with van der Waals surface area (Å²) in [7, 11) is 0. The Labute approximate surface area is 105 Å². The normalized spacial score (nSPS) is 10.8. The predicted octanol–water partition coefficient (Wildman–Crippen LogP) is 1.74. The lowest BCUT2D eigenvalue weighted by molar-refractivity contribution is -0.138. The molecule has 0 aromatic carbocycles. The first-order valence-corrected chi connectivity index (χ1v) is 5.91. The number of hydrogen-bond donors (Lipinski definition) is 0. The second kappa shape index (κ2) is 9.32. The second-order valence-electron chi connectivity index (χ2n) is 2.79. The van der Waals surface area contributed by atoms with Crippen molar-refractivity contribution in [3.8, 4) is 6.07 Å². The third-order valence-electron chi connectivity index (χ3n) is 1.67. The first-order valence-electron chi connectivity index (χ1n) is 4.84. The fraction of sp³-hybridized carbons (Fsp3) is 0.600. The summed E-state index contributed by atoms with van der Waals surface area (Å²) in [5.74, 6) is 0.170. The zero-order valence-corrected chi connectivity index (χ0v) is 10.6. The van der Waals surface area contributed by atoms with Gasteiger partial charge in [0.2, 0.25) is 0 Å². The molecule has 90 valence electrons. The van der Waals surface area contributed by atoms with E-state index in [0.717, 1.165) is 0 Å². The molecule has 0 aromatic rings. The van der Waals surface area contributed by atoms with E-state index in [0.29, 0.717) is 24.8 Å². The quantitative estimate of drug-likeness (QED) is 0.304. The van der Waals surface area contributed by atoms with E-state index in [1.165, 1.54) is 6.20 Å². The molecule has 0 aliphatic rings. The van der Waals surface area contributed by atoms with Gasteiger partial charge in [-0.1, -0.05) is 0 Å². The monoisotopic (exact) mass is 264 g/mol. The molecule has 0 radical (unpaired) electrons. The Morgan fingerprint density at radius 1 is 1.44 bits per heavy atom. The largest absolute Gasteiger partial charge is 0.462 e. The number of ether oxygens (including phenoxy) is 1. The molecule has 0 saturated heterocycles. The van der Waals surface area contributed by atoms with Gasteiger partial charge in [-0.15, -0.1) is 23.2 Å². The van der Waals surface area contributed by atoms with Gasteiger partial charge >= 0.3 is 5.97 Å². The second-order valence-corrected chi connectivity index (χ2v) is 3.54. The van der Waals surface area contributed by atoms with Crippen LogP contribution in [0.5, 0.6) is 0 Å². The molecular weight excluding hydrogens is 251 g/mol. The van der Waals surface area contributed by atoms with Crippen LogP contribution in [0.3, 0.4) is 0 Å². The van der Waals surface area contributed by atoms with Crippen LogP contribution in [0, 0.1) is 11.3 Å². The van der Waals surface area contributed by atoms with Crippen molar-refractivity contribution >= 4 is 29.2 Å². The predicted molar refractivity (Wildman–Crippen MR) is 63.3 cm³/mol. The smallest absolute Gasteiger partial charge is 0.350 e. The van der Waals surface area contributed by atoms with E-state index < -0.39 is 5.97 Å². The van der Waals surface area contributed by atoms with Gasteiger partial charge in [0.15, 0.2) is 5.57 Å². The molecule has 0 amide bonds. The van der Waals surface area contributed by atoms with Crippen molar-refractivity contribution in [2.24, 2.45) is 0 Å². The lowest BCUT2D eigenvalue weighted by atomic mass is 10.3.